The van der Waals surface area contributed by atoms with E-state index in [1.165, 1.54) is 0 Å². The number of carbonyl (C=O) groups is 1. The fourth-order valence-corrected chi connectivity index (χ4v) is 2.02. The molecule has 0 aromatic carbocycles. The van der Waals surface area contributed by atoms with Crippen molar-refractivity contribution in [2.45, 2.75) is 32.8 Å². The second-order valence-electron chi connectivity index (χ2n) is 4.08. The maximum atomic E-state index is 11.7. The van der Waals surface area contributed by atoms with E-state index in [1.54, 1.807) is 4.90 Å². The SMILES string of the molecule is CCC(C)(C)OC(=O)N1CCSCC1. The Kier molecular flexibility index (Phi) is 4.11. The van der Waals surface area contributed by atoms with Gasteiger partial charge in [-0.15, -0.1) is 0 Å². The quantitative estimate of drug-likeness (QED) is 0.711. The molecule has 3 nitrogen and oxygen atoms in total. The van der Waals surface area contributed by atoms with E-state index in [0.29, 0.717) is 0 Å². The second-order valence-corrected chi connectivity index (χ2v) is 5.31. The summed E-state index contributed by atoms with van der Waals surface area (Å²) >= 11 is 1.89. The van der Waals surface area contributed by atoms with Crippen LogP contribution in [-0.2, 0) is 4.74 Å². The van der Waals surface area contributed by atoms with E-state index in [9.17, 15) is 4.79 Å². The highest BCUT2D eigenvalue weighted by Gasteiger charge is 2.25. The molecule has 1 saturated heterocycles. The molecule has 1 aliphatic heterocycles. The van der Waals surface area contributed by atoms with E-state index >= 15 is 0 Å². The first kappa shape index (κ1) is 11.7. The summed E-state index contributed by atoms with van der Waals surface area (Å²) in [6.07, 6.45) is 0.693. The zero-order chi connectivity index (χ0) is 10.6. The summed E-state index contributed by atoms with van der Waals surface area (Å²) in [5.74, 6) is 2.06. The first-order valence-corrected chi connectivity index (χ1v) is 6.26. The van der Waals surface area contributed by atoms with Gasteiger partial charge in [-0.25, -0.2) is 4.79 Å². The maximum Gasteiger partial charge on any atom is 0.410 e. The molecule has 0 bridgehead atoms. The summed E-state index contributed by atoms with van der Waals surface area (Å²) in [5, 5.41) is 0. The number of hydrogen-bond acceptors (Lipinski definition) is 3. The summed E-state index contributed by atoms with van der Waals surface area (Å²) in [5.41, 5.74) is -0.332. The van der Waals surface area contributed by atoms with Gasteiger partial charge in [0.2, 0.25) is 0 Å². The summed E-state index contributed by atoms with van der Waals surface area (Å²) in [6, 6.07) is 0. The van der Waals surface area contributed by atoms with Gasteiger partial charge in [0.1, 0.15) is 5.60 Å². The number of nitrogens with zero attached hydrogens (tertiary/aromatic N) is 1. The van der Waals surface area contributed by atoms with Crippen molar-refractivity contribution < 1.29 is 9.53 Å². The number of rotatable bonds is 2. The predicted octanol–water partition coefficient (Wildman–Crippen LogP) is 2.36. The molecule has 0 radical (unpaired) electrons. The van der Waals surface area contributed by atoms with Gasteiger partial charge in [0.25, 0.3) is 0 Å². The van der Waals surface area contributed by atoms with Crippen LogP contribution < -0.4 is 0 Å². The van der Waals surface area contributed by atoms with Gasteiger partial charge in [-0.3, -0.25) is 0 Å². The molecule has 0 atom stereocenters. The molecular weight excluding hydrogens is 198 g/mol. The molecule has 1 fully saturated rings. The normalized spacial score (nSPS) is 18.1. The van der Waals surface area contributed by atoms with E-state index in [0.717, 1.165) is 31.0 Å². The molecule has 0 saturated carbocycles. The van der Waals surface area contributed by atoms with Crippen LogP contribution in [0.5, 0.6) is 0 Å². The van der Waals surface area contributed by atoms with Crippen LogP contribution in [0.4, 0.5) is 4.79 Å². The second kappa shape index (κ2) is 4.91. The standard InChI is InChI=1S/C10H19NO2S/c1-4-10(2,3)13-9(12)11-5-7-14-8-6-11/h4-8H2,1-3H3. The number of carbonyl (C=O) groups excluding carboxylic acids is 1. The summed E-state index contributed by atoms with van der Waals surface area (Å²) in [6.45, 7) is 7.57. The third-order valence-corrected chi connectivity index (χ3v) is 3.43. The Bertz CT molecular complexity index is 200. The van der Waals surface area contributed by atoms with Gasteiger partial charge in [-0.1, -0.05) is 6.92 Å². The Morgan fingerprint density at radius 1 is 1.43 bits per heavy atom. The molecule has 14 heavy (non-hydrogen) atoms. The molecule has 0 aromatic rings. The molecule has 4 heteroatoms. The Morgan fingerprint density at radius 2 is 2.00 bits per heavy atom. The topological polar surface area (TPSA) is 29.5 Å². The minimum Gasteiger partial charge on any atom is -0.443 e. The Labute approximate surface area is 90.2 Å². The Hall–Kier alpha value is -0.380. The molecule has 0 N–H and O–H groups in total. The molecular formula is C10H19NO2S. The molecule has 0 unspecified atom stereocenters. The van der Waals surface area contributed by atoms with Crippen molar-refractivity contribution in [3.8, 4) is 0 Å². The predicted molar refractivity (Wildman–Crippen MR) is 59.7 cm³/mol. The molecule has 1 heterocycles. The highest BCUT2D eigenvalue weighted by Crippen LogP contribution is 2.17. The summed E-state index contributed by atoms with van der Waals surface area (Å²) < 4.78 is 5.40. The minimum atomic E-state index is -0.332. The van der Waals surface area contributed by atoms with E-state index in [2.05, 4.69) is 0 Å². The van der Waals surface area contributed by atoms with Gasteiger partial charge < -0.3 is 9.64 Å². The van der Waals surface area contributed by atoms with Crippen molar-refractivity contribution in [1.82, 2.24) is 4.90 Å². The van der Waals surface area contributed by atoms with Crippen molar-refractivity contribution in [3.63, 3.8) is 0 Å². The van der Waals surface area contributed by atoms with E-state index in [4.69, 9.17) is 4.74 Å². The minimum absolute atomic E-state index is 0.155. The van der Waals surface area contributed by atoms with Gasteiger partial charge >= 0.3 is 6.09 Å². The average Bonchev–Trinajstić information content (AvgIpc) is 2.19. The van der Waals surface area contributed by atoms with E-state index < -0.39 is 0 Å². The third kappa shape index (κ3) is 3.40. The van der Waals surface area contributed by atoms with E-state index in [1.807, 2.05) is 32.5 Å². The average molecular weight is 217 g/mol. The fourth-order valence-electron chi connectivity index (χ4n) is 1.12. The number of thioether (sulfide) groups is 1. The van der Waals surface area contributed by atoms with Crippen LogP contribution in [0.15, 0.2) is 0 Å². The maximum absolute atomic E-state index is 11.7. The van der Waals surface area contributed by atoms with Crippen LogP contribution >= 0.6 is 11.8 Å². The summed E-state index contributed by atoms with van der Waals surface area (Å²) in [4.78, 5) is 13.5. The van der Waals surface area contributed by atoms with Crippen molar-refractivity contribution >= 4 is 17.9 Å². The summed E-state index contributed by atoms with van der Waals surface area (Å²) in [7, 11) is 0. The van der Waals surface area contributed by atoms with Crippen LogP contribution in [0.3, 0.4) is 0 Å². The fraction of sp³-hybridized carbons (Fsp3) is 0.900. The molecule has 82 valence electrons. The molecule has 0 spiro atoms. The molecule has 1 aliphatic rings. The lowest BCUT2D eigenvalue weighted by molar-refractivity contribution is 0.0131. The lowest BCUT2D eigenvalue weighted by Crippen LogP contribution is -2.42. The van der Waals surface area contributed by atoms with Crippen LogP contribution in [0.1, 0.15) is 27.2 Å². The largest absolute Gasteiger partial charge is 0.443 e. The van der Waals surface area contributed by atoms with Gasteiger partial charge in [-0.2, -0.15) is 11.8 Å². The first-order valence-electron chi connectivity index (χ1n) is 5.11. The van der Waals surface area contributed by atoms with Crippen molar-refractivity contribution in [3.05, 3.63) is 0 Å². The molecule has 0 aliphatic carbocycles. The zero-order valence-electron chi connectivity index (χ0n) is 9.21. The van der Waals surface area contributed by atoms with Gasteiger partial charge in [-0.05, 0) is 20.3 Å². The van der Waals surface area contributed by atoms with Crippen LogP contribution in [-0.4, -0.2) is 41.2 Å². The first-order chi connectivity index (χ1) is 6.55. The van der Waals surface area contributed by atoms with Crippen LogP contribution in [0.2, 0.25) is 0 Å². The van der Waals surface area contributed by atoms with Crippen molar-refractivity contribution in [2.75, 3.05) is 24.6 Å². The van der Waals surface area contributed by atoms with Gasteiger partial charge in [0.05, 0.1) is 0 Å². The Balaban J connectivity index is 2.40. The lowest BCUT2D eigenvalue weighted by atomic mass is 10.1. The Morgan fingerprint density at radius 3 is 2.50 bits per heavy atom. The molecule has 1 amide bonds. The third-order valence-electron chi connectivity index (χ3n) is 2.48. The van der Waals surface area contributed by atoms with Gasteiger partial charge in [0, 0.05) is 24.6 Å². The van der Waals surface area contributed by atoms with E-state index in [-0.39, 0.29) is 11.7 Å². The smallest absolute Gasteiger partial charge is 0.410 e. The number of hydrogen-bond donors (Lipinski definition) is 0. The van der Waals surface area contributed by atoms with Crippen LogP contribution in [0, 0.1) is 0 Å². The lowest BCUT2D eigenvalue weighted by Gasteiger charge is -2.30. The zero-order valence-corrected chi connectivity index (χ0v) is 10.0. The molecule has 1 rings (SSSR count). The molecule has 0 aromatic heterocycles. The van der Waals surface area contributed by atoms with Crippen molar-refractivity contribution in [1.29, 1.82) is 0 Å². The number of amides is 1. The number of ether oxygens (including phenoxy) is 1. The van der Waals surface area contributed by atoms with Crippen molar-refractivity contribution in [2.24, 2.45) is 0 Å². The highest BCUT2D eigenvalue weighted by atomic mass is 32.2. The van der Waals surface area contributed by atoms with Gasteiger partial charge in [0.15, 0.2) is 0 Å². The monoisotopic (exact) mass is 217 g/mol. The van der Waals surface area contributed by atoms with Crippen LogP contribution in [0.25, 0.3) is 0 Å². The highest BCUT2D eigenvalue weighted by molar-refractivity contribution is 7.99.